The fraction of sp³-hybridized carbons (Fsp3) is 0.562. The first kappa shape index (κ1) is 16.5. The maximum Gasteiger partial charge on any atom is 0.239 e. The van der Waals surface area contributed by atoms with E-state index in [0.29, 0.717) is 13.1 Å². The molecule has 0 bridgehead atoms. The molecule has 0 aromatic heterocycles. The number of amides is 1. The van der Waals surface area contributed by atoms with Crippen LogP contribution in [-0.4, -0.2) is 37.3 Å². The minimum Gasteiger partial charge on any atom is -0.395 e. The Morgan fingerprint density at radius 2 is 1.90 bits per heavy atom. The van der Waals surface area contributed by atoms with Crippen LogP contribution < -0.4 is 10.2 Å². The number of benzene rings is 1. The molecule has 112 valence electrons. The van der Waals surface area contributed by atoms with Crippen LogP contribution in [0.3, 0.4) is 0 Å². The van der Waals surface area contributed by atoms with Crippen molar-refractivity contribution in [1.29, 1.82) is 0 Å². The largest absolute Gasteiger partial charge is 0.395 e. The Labute approximate surface area is 121 Å². The number of carbonyl (C=O) groups excluding carboxylic acids is 1. The van der Waals surface area contributed by atoms with Crippen LogP contribution in [-0.2, 0) is 4.79 Å². The summed E-state index contributed by atoms with van der Waals surface area (Å²) in [6, 6.07) is 9.68. The molecular weight excluding hydrogens is 252 g/mol. The van der Waals surface area contributed by atoms with Crippen molar-refractivity contribution in [2.45, 2.75) is 27.2 Å². The SMILES string of the molecule is CC(C)(C)CCNC(=O)CN(CCO)c1ccccc1. The van der Waals surface area contributed by atoms with Crippen molar-refractivity contribution in [1.82, 2.24) is 5.32 Å². The lowest BCUT2D eigenvalue weighted by molar-refractivity contribution is -0.119. The number of aliphatic hydroxyl groups excluding tert-OH is 1. The van der Waals surface area contributed by atoms with Gasteiger partial charge < -0.3 is 15.3 Å². The van der Waals surface area contributed by atoms with E-state index in [1.54, 1.807) is 0 Å². The van der Waals surface area contributed by atoms with E-state index in [4.69, 9.17) is 5.11 Å². The standard InChI is InChI=1S/C16H26N2O2/c1-16(2,3)9-10-17-15(20)13-18(11-12-19)14-7-5-4-6-8-14/h4-8,19H,9-13H2,1-3H3,(H,17,20). The molecule has 1 rings (SSSR count). The van der Waals surface area contributed by atoms with E-state index >= 15 is 0 Å². The topological polar surface area (TPSA) is 52.6 Å². The highest BCUT2D eigenvalue weighted by Crippen LogP contribution is 2.17. The molecule has 0 radical (unpaired) electrons. The summed E-state index contributed by atoms with van der Waals surface area (Å²) in [5.41, 5.74) is 1.17. The Hall–Kier alpha value is -1.55. The van der Waals surface area contributed by atoms with Crippen LogP contribution in [0.5, 0.6) is 0 Å². The molecule has 1 amide bonds. The lowest BCUT2D eigenvalue weighted by atomic mass is 9.92. The molecule has 20 heavy (non-hydrogen) atoms. The summed E-state index contributed by atoms with van der Waals surface area (Å²) in [6.45, 7) is 7.91. The van der Waals surface area contributed by atoms with E-state index in [1.165, 1.54) is 0 Å². The third kappa shape index (κ3) is 6.57. The fourth-order valence-electron chi connectivity index (χ4n) is 1.87. The van der Waals surface area contributed by atoms with Gasteiger partial charge in [0.05, 0.1) is 13.2 Å². The van der Waals surface area contributed by atoms with Gasteiger partial charge >= 0.3 is 0 Å². The van der Waals surface area contributed by atoms with Gasteiger partial charge in [-0.3, -0.25) is 4.79 Å². The maximum absolute atomic E-state index is 12.0. The molecule has 1 aromatic rings. The Kier molecular flexibility index (Phi) is 6.52. The summed E-state index contributed by atoms with van der Waals surface area (Å²) in [4.78, 5) is 13.8. The second kappa shape index (κ2) is 7.90. The molecule has 0 aliphatic carbocycles. The first-order chi connectivity index (χ1) is 9.42. The molecule has 0 fully saturated rings. The van der Waals surface area contributed by atoms with Crippen LogP contribution in [0.25, 0.3) is 0 Å². The van der Waals surface area contributed by atoms with Gasteiger partial charge in [0.2, 0.25) is 5.91 Å². The zero-order valence-corrected chi connectivity index (χ0v) is 12.7. The highest BCUT2D eigenvalue weighted by atomic mass is 16.3. The number of nitrogens with zero attached hydrogens (tertiary/aromatic N) is 1. The molecule has 0 atom stereocenters. The van der Waals surface area contributed by atoms with Crippen LogP contribution in [0.1, 0.15) is 27.2 Å². The Bertz CT molecular complexity index is 399. The number of nitrogens with one attached hydrogen (secondary N) is 1. The summed E-state index contributed by atoms with van der Waals surface area (Å²) in [6.07, 6.45) is 0.948. The Morgan fingerprint density at radius 1 is 1.25 bits per heavy atom. The molecule has 4 heteroatoms. The molecule has 2 N–H and O–H groups in total. The van der Waals surface area contributed by atoms with E-state index in [2.05, 4.69) is 26.1 Å². The minimum absolute atomic E-state index is 0.00782. The number of rotatable bonds is 7. The molecular formula is C16H26N2O2. The van der Waals surface area contributed by atoms with Crippen LogP contribution in [0.15, 0.2) is 30.3 Å². The molecule has 0 spiro atoms. The summed E-state index contributed by atoms with van der Waals surface area (Å²) in [7, 11) is 0. The normalized spacial score (nSPS) is 11.2. The van der Waals surface area contributed by atoms with Crippen molar-refractivity contribution >= 4 is 11.6 Å². The Morgan fingerprint density at radius 3 is 2.45 bits per heavy atom. The van der Waals surface area contributed by atoms with Gasteiger partial charge in [0.1, 0.15) is 0 Å². The molecule has 0 unspecified atom stereocenters. The molecule has 0 heterocycles. The van der Waals surface area contributed by atoms with Gasteiger partial charge in [-0.15, -0.1) is 0 Å². The van der Waals surface area contributed by atoms with Crippen molar-refractivity contribution < 1.29 is 9.90 Å². The number of para-hydroxylation sites is 1. The second-order valence-corrected chi connectivity index (χ2v) is 6.14. The highest BCUT2D eigenvalue weighted by molar-refractivity contribution is 5.81. The molecule has 0 saturated carbocycles. The van der Waals surface area contributed by atoms with E-state index in [9.17, 15) is 4.79 Å². The summed E-state index contributed by atoms with van der Waals surface area (Å²) >= 11 is 0. The maximum atomic E-state index is 12.0. The predicted molar refractivity (Wildman–Crippen MR) is 82.8 cm³/mol. The average Bonchev–Trinajstić information content (AvgIpc) is 2.38. The van der Waals surface area contributed by atoms with Crippen LogP contribution in [0.2, 0.25) is 0 Å². The van der Waals surface area contributed by atoms with Crippen LogP contribution in [0.4, 0.5) is 5.69 Å². The number of hydrogen-bond acceptors (Lipinski definition) is 3. The van der Waals surface area contributed by atoms with Crippen molar-refractivity contribution in [3.63, 3.8) is 0 Å². The van der Waals surface area contributed by atoms with E-state index < -0.39 is 0 Å². The van der Waals surface area contributed by atoms with Gasteiger partial charge in [-0.2, -0.15) is 0 Å². The Balaban J connectivity index is 2.48. The zero-order valence-electron chi connectivity index (χ0n) is 12.7. The minimum atomic E-state index is -0.00782. The number of carbonyl (C=O) groups is 1. The van der Waals surface area contributed by atoms with Gasteiger partial charge in [0.25, 0.3) is 0 Å². The third-order valence-corrected chi connectivity index (χ3v) is 3.02. The predicted octanol–water partition coefficient (Wildman–Crippen LogP) is 2.04. The highest BCUT2D eigenvalue weighted by Gasteiger charge is 2.13. The summed E-state index contributed by atoms with van der Waals surface area (Å²) < 4.78 is 0. The second-order valence-electron chi connectivity index (χ2n) is 6.14. The van der Waals surface area contributed by atoms with Gasteiger partial charge in [-0.25, -0.2) is 0 Å². The summed E-state index contributed by atoms with van der Waals surface area (Å²) in [5.74, 6) is -0.00782. The third-order valence-electron chi connectivity index (χ3n) is 3.02. The lowest BCUT2D eigenvalue weighted by Crippen LogP contribution is -2.39. The van der Waals surface area contributed by atoms with E-state index in [1.807, 2.05) is 35.2 Å². The number of hydrogen-bond donors (Lipinski definition) is 2. The van der Waals surface area contributed by atoms with Crippen molar-refractivity contribution in [3.8, 4) is 0 Å². The van der Waals surface area contributed by atoms with Crippen LogP contribution in [0, 0.1) is 5.41 Å². The van der Waals surface area contributed by atoms with E-state index in [0.717, 1.165) is 12.1 Å². The zero-order chi connectivity index (χ0) is 15.0. The fourth-order valence-corrected chi connectivity index (χ4v) is 1.87. The van der Waals surface area contributed by atoms with Gasteiger partial charge in [-0.1, -0.05) is 39.0 Å². The summed E-state index contributed by atoms with van der Waals surface area (Å²) in [5, 5.41) is 12.1. The first-order valence-corrected chi connectivity index (χ1v) is 7.10. The molecule has 0 aliphatic heterocycles. The molecule has 4 nitrogen and oxygen atoms in total. The molecule has 0 aliphatic rings. The van der Waals surface area contributed by atoms with Crippen molar-refractivity contribution in [2.24, 2.45) is 5.41 Å². The van der Waals surface area contributed by atoms with Gasteiger partial charge in [0.15, 0.2) is 0 Å². The van der Waals surface area contributed by atoms with Crippen molar-refractivity contribution in [3.05, 3.63) is 30.3 Å². The molecule has 0 saturated heterocycles. The van der Waals surface area contributed by atoms with Gasteiger partial charge in [-0.05, 0) is 24.0 Å². The van der Waals surface area contributed by atoms with Crippen molar-refractivity contribution in [2.75, 3.05) is 31.1 Å². The van der Waals surface area contributed by atoms with Crippen LogP contribution >= 0.6 is 0 Å². The van der Waals surface area contributed by atoms with E-state index in [-0.39, 0.29) is 24.5 Å². The average molecular weight is 278 g/mol. The number of anilines is 1. The quantitative estimate of drug-likeness (QED) is 0.802. The monoisotopic (exact) mass is 278 g/mol. The smallest absolute Gasteiger partial charge is 0.239 e. The number of aliphatic hydroxyl groups is 1. The van der Waals surface area contributed by atoms with Gasteiger partial charge in [0, 0.05) is 18.8 Å². The molecule has 1 aromatic carbocycles. The lowest BCUT2D eigenvalue weighted by Gasteiger charge is -2.24. The first-order valence-electron chi connectivity index (χ1n) is 7.10.